The molecular weight excluding hydrogens is 261 g/mol. The van der Waals surface area contributed by atoms with Crippen molar-refractivity contribution in [2.45, 2.75) is 24.6 Å². The summed E-state index contributed by atoms with van der Waals surface area (Å²) in [5, 5.41) is 27.2. The summed E-state index contributed by atoms with van der Waals surface area (Å²) in [5.41, 5.74) is -2.20. The van der Waals surface area contributed by atoms with Gasteiger partial charge in [0.05, 0.1) is 6.61 Å². The summed E-state index contributed by atoms with van der Waals surface area (Å²) in [7, 11) is 0. The molecule has 0 unspecified atom stereocenters. The molecule has 1 aliphatic rings. The molecular formula is C10H10FN3O5. The Hall–Kier alpha value is -2.02. The van der Waals surface area contributed by atoms with Crippen molar-refractivity contribution >= 4 is 0 Å². The molecule has 2 heterocycles. The van der Waals surface area contributed by atoms with E-state index in [0.29, 0.717) is 4.57 Å². The first-order chi connectivity index (χ1) is 8.99. The number of hydrogen-bond acceptors (Lipinski definition) is 6. The maximum Gasteiger partial charge on any atom is 0.330 e. The molecule has 4 atom stereocenters. The van der Waals surface area contributed by atoms with Gasteiger partial charge in [-0.2, -0.15) is 5.26 Å². The van der Waals surface area contributed by atoms with E-state index in [4.69, 9.17) is 15.1 Å². The average molecular weight is 271 g/mol. The van der Waals surface area contributed by atoms with Crippen LogP contribution < -0.4 is 11.2 Å². The number of aromatic amines is 1. The quantitative estimate of drug-likeness (QED) is 0.570. The average Bonchev–Trinajstić information content (AvgIpc) is 2.67. The Kier molecular flexibility index (Phi) is 3.48. The molecule has 0 aliphatic carbocycles. The highest BCUT2D eigenvalue weighted by atomic mass is 19.1. The summed E-state index contributed by atoms with van der Waals surface area (Å²) in [4.78, 5) is 24.6. The molecule has 0 amide bonds. The third-order valence-corrected chi connectivity index (χ3v) is 2.83. The fourth-order valence-corrected chi connectivity index (χ4v) is 1.84. The normalized spacial score (nSPS) is 30.2. The van der Waals surface area contributed by atoms with Gasteiger partial charge in [-0.05, 0) is 0 Å². The van der Waals surface area contributed by atoms with Gasteiger partial charge >= 0.3 is 5.69 Å². The molecule has 1 aliphatic heterocycles. The largest absolute Gasteiger partial charge is 0.394 e. The number of nitriles is 1. The molecule has 102 valence electrons. The van der Waals surface area contributed by atoms with Crippen molar-refractivity contribution in [2.24, 2.45) is 0 Å². The zero-order chi connectivity index (χ0) is 14.2. The van der Waals surface area contributed by atoms with Crippen molar-refractivity contribution in [3.8, 4) is 6.07 Å². The van der Waals surface area contributed by atoms with Crippen molar-refractivity contribution in [3.05, 3.63) is 32.6 Å². The van der Waals surface area contributed by atoms with Gasteiger partial charge in [0.15, 0.2) is 12.4 Å². The molecule has 1 aromatic rings. The lowest BCUT2D eigenvalue weighted by atomic mass is 10.1. The second-order valence-corrected chi connectivity index (χ2v) is 4.00. The minimum absolute atomic E-state index is 0.377. The first kappa shape index (κ1) is 13.4. The Morgan fingerprint density at radius 3 is 2.79 bits per heavy atom. The number of aromatic nitrogens is 2. The highest BCUT2D eigenvalue weighted by Gasteiger charge is 2.45. The topological polar surface area (TPSA) is 128 Å². The molecule has 0 bridgehead atoms. The molecule has 0 aromatic carbocycles. The highest BCUT2D eigenvalue weighted by molar-refractivity contribution is 5.22. The van der Waals surface area contributed by atoms with Gasteiger partial charge in [0.2, 0.25) is 0 Å². The third-order valence-electron chi connectivity index (χ3n) is 2.83. The lowest BCUT2D eigenvalue weighted by molar-refractivity contribution is -0.0538. The Balaban J connectivity index is 2.46. The van der Waals surface area contributed by atoms with Crippen LogP contribution in [0.5, 0.6) is 0 Å². The molecule has 8 nitrogen and oxygen atoms in total. The summed E-state index contributed by atoms with van der Waals surface area (Å²) in [5.74, 6) is 0. The van der Waals surface area contributed by atoms with Gasteiger partial charge in [-0.25, -0.2) is 9.18 Å². The van der Waals surface area contributed by atoms with Gasteiger partial charge < -0.3 is 14.9 Å². The van der Waals surface area contributed by atoms with Crippen LogP contribution in [-0.4, -0.2) is 44.8 Å². The van der Waals surface area contributed by atoms with E-state index in [2.05, 4.69) is 0 Å². The summed E-state index contributed by atoms with van der Waals surface area (Å²) >= 11 is 0. The van der Waals surface area contributed by atoms with Crippen LogP contribution in [0.1, 0.15) is 11.8 Å². The first-order valence-corrected chi connectivity index (χ1v) is 5.33. The lowest BCUT2D eigenvalue weighted by Gasteiger charge is -2.16. The molecule has 19 heavy (non-hydrogen) atoms. The molecule has 9 heteroatoms. The third kappa shape index (κ3) is 2.17. The number of hydrogen-bond donors (Lipinski definition) is 3. The van der Waals surface area contributed by atoms with Gasteiger partial charge in [-0.1, -0.05) is 0 Å². The van der Waals surface area contributed by atoms with Crippen LogP contribution in [0, 0.1) is 11.3 Å². The number of nitrogens with one attached hydrogen (secondary N) is 1. The second kappa shape index (κ2) is 4.93. The molecule has 0 radical (unpaired) electrons. The van der Waals surface area contributed by atoms with Crippen LogP contribution >= 0.6 is 0 Å². The minimum Gasteiger partial charge on any atom is -0.394 e. The highest BCUT2D eigenvalue weighted by Crippen LogP contribution is 2.30. The van der Waals surface area contributed by atoms with E-state index in [1.54, 1.807) is 6.07 Å². The van der Waals surface area contributed by atoms with Crippen LogP contribution in [0.25, 0.3) is 0 Å². The number of nitrogens with zero attached hydrogens (tertiary/aromatic N) is 2. The maximum absolute atomic E-state index is 13.5. The number of H-pyrrole nitrogens is 1. The number of rotatable bonds is 2. The molecule has 0 saturated carbocycles. The van der Waals surface area contributed by atoms with E-state index >= 15 is 0 Å². The van der Waals surface area contributed by atoms with Crippen LogP contribution in [0.4, 0.5) is 4.39 Å². The number of aliphatic hydroxyl groups is 2. The number of halogens is 1. The maximum atomic E-state index is 13.5. The van der Waals surface area contributed by atoms with Gasteiger partial charge in [0.1, 0.15) is 23.8 Å². The second-order valence-electron chi connectivity index (χ2n) is 4.00. The standard InChI is InChI=1S/C10H10FN3O5/c11-6-5(3-15)19-9(7(6)16)14-2-4(1-12)8(17)13-10(14)18/h2,5-7,9,15-16H,3H2,(H,13,17,18)/t5-,6-,7-,9-/m1/s1. The predicted octanol–water partition coefficient (Wildman–Crippen LogP) is -2.00. The Labute approximate surface area is 105 Å². The van der Waals surface area contributed by atoms with Crippen molar-refractivity contribution in [2.75, 3.05) is 6.61 Å². The molecule has 1 aromatic heterocycles. The Bertz CT molecular complexity index is 633. The van der Waals surface area contributed by atoms with E-state index in [9.17, 15) is 19.1 Å². The Morgan fingerprint density at radius 2 is 2.26 bits per heavy atom. The van der Waals surface area contributed by atoms with Crippen molar-refractivity contribution < 1.29 is 19.3 Å². The lowest BCUT2D eigenvalue weighted by Crippen LogP contribution is -2.37. The number of aliphatic hydroxyl groups excluding tert-OH is 2. The van der Waals surface area contributed by atoms with E-state index in [0.717, 1.165) is 6.20 Å². The SMILES string of the molecule is N#Cc1cn([C@@H]2O[C@H](CO)[C@@H](F)[C@H]2O)c(=O)[nH]c1=O. The fraction of sp³-hybridized carbons (Fsp3) is 0.500. The summed E-state index contributed by atoms with van der Waals surface area (Å²) in [6.45, 7) is -0.669. The van der Waals surface area contributed by atoms with Crippen LogP contribution in [0.2, 0.25) is 0 Å². The van der Waals surface area contributed by atoms with Crippen molar-refractivity contribution in [3.63, 3.8) is 0 Å². The van der Waals surface area contributed by atoms with E-state index in [1.807, 2.05) is 4.98 Å². The van der Waals surface area contributed by atoms with Crippen molar-refractivity contribution in [1.82, 2.24) is 9.55 Å². The minimum atomic E-state index is -1.88. The van der Waals surface area contributed by atoms with Crippen LogP contribution in [-0.2, 0) is 4.74 Å². The number of alkyl halides is 1. The van der Waals surface area contributed by atoms with Crippen LogP contribution in [0.3, 0.4) is 0 Å². The number of ether oxygens (including phenoxy) is 1. The Morgan fingerprint density at radius 1 is 1.58 bits per heavy atom. The monoisotopic (exact) mass is 271 g/mol. The smallest absolute Gasteiger partial charge is 0.330 e. The molecule has 3 N–H and O–H groups in total. The van der Waals surface area contributed by atoms with Crippen LogP contribution in [0.15, 0.2) is 15.8 Å². The molecule has 0 spiro atoms. The first-order valence-electron chi connectivity index (χ1n) is 5.33. The van der Waals surface area contributed by atoms with E-state index < -0.39 is 42.5 Å². The van der Waals surface area contributed by atoms with E-state index in [1.165, 1.54) is 0 Å². The van der Waals surface area contributed by atoms with Gasteiger partial charge in [-0.15, -0.1) is 0 Å². The molecule has 2 rings (SSSR count). The summed E-state index contributed by atoms with van der Waals surface area (Å²) in [6.07, 6.45) is -5.37. The van der Waals surface area contributed by atoms with Gasteiger partial charge in [0, 0.05) is 6.20 Å². The van der Waals surface area contributed by atoms with Gasteiger partial charge in [0.25, 0.3) is 5.56 Å². The zero-order valence-electron chi connectivity index (χ0n) is 9.49. The zero-order valence-corrected chi connectivity index (χ0v) is 9.49. The molecule has 1 fully saturated rings. The molecule has 1 saturated heterocycles. The summed E-state index contributed by atoms with van der Waals surface area (Å²) < 4.78 is 19.2. The predicted molar refractivity (Wildman–Crippen MR) is 57.9 cm³/mol. The van der Waals surface area contributed by atoms with Crippen molar-refractivity contribution in [1.29, 1.82) is 5.26 Å². The fourth-order valence-electron chi connectivity index (χ4n) is 1.84. The van der Waals surface area contributed by atoms with Gasteiger partial charge in [-0.3, -0.25) is 14.3 Å². The van der Waals surface area contributed by atoms with E-state index in [-0.39, 0.29) is 5.56 Å². The summed E-state index contributed by atoms with van der Waals surface area (Å²) in [6, 6.07) is 1.55.